The Bertz CT molecular complexity index is 373. The molecule has 1 heterocycles. The molecule has 19 heavy (non-hydrogen) atoms. The fraction of sp³-hybridized carbons (Fsp3) is 0.647. The van der Waals surface area contributed by atoms with Gasteiger partial charge in [0.1, 0.15) is 0 Å². The average Bonchev–Trinajstić information content (AvgIpc) is 3.21. The largest absolute Gasteiger partial charge is 0.372 e. The first kappa shape index (κ1) is 13.0. The van der Waals surface area contributed by atoms with Gasteiger partial charge in [0.2, 0.25) is 0 Å². The Labute approximate surface area is 117 Å². The maximum absolute atomic E-state index is 3.58. The van der Waals surface area contributed by atoms with Gasteiger partial charge in [-0.05, 0) is 43.4 Å². The van der Waals surface area contributed by atoms with E-state index in [0.29, 0.717) is 0 Å². The van der Waals surface area contributed by atoms with Crippen molar-refractivity contribution in [3.05, 3.63) is 29.8 Å². The van der Waals surface area contributed by atoms with Gasteiger partial charge in [0.25, 0.3) is 0 Å². The summed E-state index contributed by atoms with van der Waals surface area (Å²) in [5, 5.41) is 3.58. The zero-order valence-electron chi connectivity index (χ0n) is 11.9. The highest BCUT2D eigenvalue weighted by Crippen LogP contribution is 2.21. The van der Waals surface area contributed by atoms with Crippen molar-refractivity contribution in [3.63, 3.8) is 0 Å². The molecule has 2 nitrogen and oxygen atoms in total. The maximum atomic E-state index is 3.58. The summed E-state index contributed by atoms with van der Waals surface area (Å²) in [7, 11) is 0. The van der Waals surface area contributed by atoms with E-state index >= 15 is 0 Å². The summed E-state index contributed by atoms with van der Waals surface area (Å²) in [4.78, 5) is 2.57. The highest BCUT2D eigenvalue weighted by Gasteiger charge is 2.19. The molecule has 2 aliphatic rings. The van der Waals surface area contributed by atoms with E-state index in [4.69, 9.17) is 0 Å². The van der Waals surface area contributed by atoms with Crippen LogP contribution in [0.5, 0.6) is 0 Å². The van der Waals surface area contributed by atoms with Crippen molar-refractivity contribution in [1.29, 1.82) is 0 Å². The number of anilines is 1. The quantitative estimate of drug-likeness (QED) is 0.885. The van der Waals surface area contributed by atoms with Crippen LogP contribution in [-0.4, -0.2) is 19.1 Å². The second kappa shape index (κ2) is 6.42. The summed E-state index contributed by atoms with van der Waals surface area (Å²) in [5.74, 6) is 0. The minimum absolute atomic E-state index is 0.800. The molecule has 104 valence electrons. The summed E-state index contributed by atoms with van der Waals surface area (Å²) in [6.45, 7) is 3.50. The summed E-state index contributed by atoms with van der Waals surface area (Å²) in [5.41, 5.74) is 2.83. The molecule has 3 rings (SSSR count). The lowest BCUT2D eigenvalue weighted by Gasteiger charge is -2.27. The zero-order valence-corrected chi connectivity index (χ0v) is 11.9. The molecule has 1 N–H and O–H groups in total. The van der Waals surface area contributed by atoms with Gasteiger partial charge in [0.15, 0.2) is 0 Å². The Morgan fingerprint density at radius 1 is 0.895 bits per heavy atom. The molecule has 1 aromatic rings. The number of benzene rings is 1. The lowest BCUT2D eigenvalue weighted by Crippen LogP contribution is -2.26. The topological polar surface area (TPSA) is 15.3 Å². The third-order valence-electron chi connectivity index (χ3n) is 4.33. The van der Waals surface area contributed by atoms with Crippen LogP contribution in [0.1, 0.15) is 50.5 Å². The first-order chi connectivity index (χ1) is 9.42. The maximum Gasteiger partial charge on any atom is 0.0366 e. The minimum atomic E-state index is 0.800. The molecule has 1 aromatic carbocycles. The van der Waals surface area contributed by atoms with Crippen molar-refractivity contribution in [2.75, 3.05) is 18.0 Å². The molecule has 0 atom stereocenters. The van der Waals surface area contributed by atoms with Crippen molar-refractivity contribution in [3.8, 4) is 0 Å². The molecule has 0 amide bonds. The minimum Gasteiger partial charge on any atom is -0.372 e. The number of hydrogen-bond donors (Lipinski definition) is 1. The number of nitrogens with zero attached hydrogens (tertiary/aromatic N) is 1. The first-order valence-corrected chi connectivity index (χ1v) is 7.99. The second-order valence-electron chi connectivity index (χ2n) is 6.08. The van der Waals surface area contributed by atoms with Crippen LogP contribution in [0.2, 0.25) is 0 Å². The van der Waals surface area contributed by atoms with Crippen molar-refractivity contribution >= 4 is 5.69 Å². The van der Waals surface area contributed by atoms with Crippen LogP contribution in [0, 0.1) is 0 Å². The molecule has 1 saturated carbocycles. The summed E-state index contributed by atoms with van der Waals surface area (Å²) in [6.07, 6.45) is 9.67. The van der Waals surface area contributed by atoms with Crippen molar-refractivity contribution in [1.82, 2.24) is 5.32 Å². The lowest BCUT2D eigenvalue weighted by molar-refractivity contribution is 0.556. The van der Waals surface area contributed by atoms with E-state index in [-0.39, 0.29) is 0 Å². The monoisotopic (exact) mass is 258 g/mol. The molecule has 2 heteroatoms. The van der Waals surface area contributed by atoms with Gasteiger partial charge < -0.3 is 10.2 Å². The van der Waals surface area contributed by atoms with Crippen LogP contribution in [0.3, 0.4) is 0 Å². The molecule has 0 unspecified atom stereocenters. The van der Waals surface area contributed by atoms with Crippen molar-refractivity contribution < 1.29 is 0 Å². The molecule has 0 bridgehead atoms. The lowest BCUT2D eigenvalue weighted by atomic mass is 10.1. The average molecular weight is 258 g/mol. The Morgan fingerprint density at radius 3 is 2.16 bits per heavy atom. The number of nitrogens with one attached hydrogen (secondary N) is 1. The van der Waals surface area contributed by atoms with Crippen molar-refractivity contribution in [2.24, 2.45) is 0 Å². The first-order valence-electron chi connectivity index (χ1n) is 7.99. The Kier molecular flexibility index (Phi) is 4.39. The van der Waals surface area contributed by atoms with E-state index in [1.807, 2.05) is 0 Å². The highest BCUT2D eigenvalue weighted by molar-refractivity contribution is 5.47. The molecule has 1 saturated heterocycles. The van der Waals surface area contributed by atoms with Gasteiger partial charge in [-0.2, -0.15) is 0 Å². The predicted molar refractivity (Wildman–Crippen MR) is 81.6 cm³/mol. The zero-order chi connectivity index (χ0) is 12.9. The Morgan fingerprint density at radius 2 is 1.53 bits per heavy atom. The van der Waals surface area contributed by atoms with Crippen LogP contribution < -0.4 is 10.2 Å². The molecular weight excluding hydrogens is 232 g/mol. The van der Waals surface area contributed by atoms with E-state index in [2.05, 4.69) is 34.5 Å². The molecule has 2 fully saturated rings. The number of rotatable bonds is 4. The van der Waals surface area contributed by atoms with E-state index in [1.165, 1.54) is 69.3 Å². The van der Waals surface area contributed by atoms with Crippen molar-refractivity contribution in [2.45, 2.75) is 57.5 Å². The second-order valence-corrected chi connectivity index (χ2v) is 6.08. The summed E-state index contributed by atoms with van der Waals surface area (Å²) in [6, 6.07) is 10.0. The van der Waals surface area contributed by atoms with Gasteiger partial charge >= 0.3 is 0 Å². The standard InChI is InChI=1S/C17H26N2/c1-2-4-12-19(13-5-3-1)17-10-6-15(7-11-17)14-18-16-8-9-16/h6-7,10-11,16,18H,1-5,8-9,12-14H2. The summed E-state index contributed by atoms with van der Waals surface area (Å²) < 4.78 is 0. The molecule has 0 radical (unpaired) electrons. The van der Waals surface area contributed by atoms with Gasteiger partial charge in [-0.3, -0.25) is 0 Å². The van der Waals surface area contributed by atoms with Gasteiger partial charge in [-0.1, -0.05) is 31.4 Å². The van der Waals surface area contributed by atoms with E-state index in [1.54, 1.807) is 0 Å². The van der Waals surface area contributed by atoms with Crippen LogP contribution in [0.25, 0.3) is 0 Å². The molecule has 1 aliphatic carbocycles. The molecule has 1 aliphatic heterocycles. The molecular formula is C17H26N2. The Hall–Kier alpha value is -1.02. The molecule has 0 spiro atoms. The number of hydrogen-bond acceptors (Lipinski definition) is 2. The van der Waals surface area contributed by atoms with E-state index in [0.717, 1.165) is 12.6 Å². The van der Waals surface area contributed by atoms with Gasteiger partial charge in [-0.25, -0.2) is 0 Å². The third kappa shape index (κ3) is 3.97. The fourth-order valence-corrected chi connectivity index (χ4v) is 2.88. The third-order valence-corrected chi connectivity index (χ3v) is 4.33. The van der Waals surface area contributed by atoms with Crippen LogP contribution >= 0.6 is 0 Å². The summed E-state index contributed by atoms with van der Waals surface area (Å²) >= 11 is 0. The highest BCUT2D eigenvalue weighted by atomic mass is 15.1. The van der Waals surface area contributed by atoms with Gasteiger partial charge in [0.05, 0.1) is 0 Å². The fourth-order valence-electron chi connectivity index (χ4n) is 2.88. The SMILES string of the molecule is c1cc(N2CCCCCCC2)ccc1CNC1CC1. The van der Waals surface area contributed by atoms with Gasteiger partial charge in [0, 0.05) is 31.4 Å². The van der Waals surface area contributed by atoms with Gasteiger partial charge in [-0.15, -0.1) is 0 Å². The van der Waals surface area contributed by atoms with Crippen LogP contribution in [-0.2, 0) is 6.54 Å². The predicted octanol–water partition coefficient (Wildman–Crippen LogP) is 3.71. The van der Waals surface area contributed by atoms with E-state index < -0.39 is 0 Å². The smallest absolute Gasteiger partial charge is 0.0366 e. The van der Waals surface area contributed by atoms with E-state index in [9.17, 15) is 0 Å². The van der Waals surface area contributed by atoms with Crippen LogP contribution in [0.4, 0.5) is 5.69 Å². The van der Waals surface area contributed by atoms with Crippen LogP contribution in [0.15, 0.2) is 24.3 Å². The molecule has 0 aromatic heterocycles. The normalized spacial score (nSPS) is 20.9. The Balaban J connectivity index is 1.56.